The van der Waals surface area contributed by atoms with Crippen LogP contribution in [0.2, 0.25) is 0 Å². The molecule has 13 heteroatoms. The Morgan fingerprint density at radius 3 is 1.83 bits per heavy atom. The highest BCUT2D eigenvalue weighted by molar-refractivity contribution is 4.91. The van der Waals surface area contributed by atoms with Gasteiger partial charge in [-0.3, -0.25) is 0 Å². The van der Waals surface area contributed by atoms with Crippen LogP contribution in [0.3, 0.4) is 0 Å². The first-order chi connectivity index (χ1) is 17.3. The minimum absolute atomic E-state index is 0.0913. The van der Waals surface area contributed by atoms with Gasteiger partial charge in [-0.2, -0.15) is 0 Å². The Morgan fingerprint density at radius 2 is 1.17 bits per heavy atom. The summed E-state index contributed by atoms with van der Waals surface area (Å²) in [4.78, 5) is 0. The van der Waals surface area contributed by atoms with Crippen molar-refractivity contribution >= 4 is 0 Å². The Bertz CT molecular complexity index is 605. The van der Waals surface area contributed by atoms with Gasteiger partial charge in [-0.1, -0.05) is 19.3 Å². The zero-order chi connectivity index (χ0) is 26.1. The molecule has 0 aromatic carbocycles. The summed E-state index contributed by atoms with van der Waals surface area (Å²) in [6.07, 6.45) is -7.81. The number of hydrogen-bond donors (Lipinski definition) is 7. The van der Waals surface area contributed by atoms with Crippen LogP contribution in [0, 0.1) is 0 Å². The summed E-state index contributed by atoms with van der Waals surface area (Å²) in [7, 11) is 0. The minimum atomic E-state index is -1.62. The third-order valence-corrected chi connectivity index (χ3v) is 6.70. The molecule has 3 aliphatic heterocycles. The van der Waals surface area contributed by atoms with E-state index in [1.807, 2.05) is 0 Å². The van der Waals surface area contributed by atoms with Crippen molar-refractivity contribution in [1.82, 2.24) is 0 Å². The third kappa shape index (κ3) is 8.24. The van der Waals surface area contributed by atoms with E-state index < -0.39 is 68.0 Å². The molecule has 3 rings (SSSR count). The summed E-state index contributed by atoms with van der Waals surface area (Å²) >= 11 is 0. The van der Waals surface area contributed by atoms with Gasteiger partial charge in [0.25, 0.3) is 0 Å². The molecule has 0 unspecified atom stereocenters. The van der Waals surface area contributed by atoms with Crippen LogP contribution in [0.5, 0.6) is 0 Å². The van der Waals surface area contributed by atoms with E-state index >= 15 is 0 Å². The Morgan fingerprint density at radius 1 is 0.611 bits per heavy atom. The molecule has 7 N–H and O–H groups in total. The summed E-state index contributed by atoms with van der Waals surface area (Å²) in [6.45, 7) is 0.784. The van der Waals surface area contributed by atoms with E-state index in [4.69, 9.17) is 28.4 Å². The maximum atomic E-state index is 10.3. The lowest BCUT2D eigenvalue weighted by atomic mass is 9.98. The van der Waals surface area contributed by atoms with E-state index in [9.17, 15) is 35.7 Å². The molecule has 0 aliphatic carbocycles. The predicted octanol–water partition coefficient (Wildman–Crippen LogP) is -2.27. The largest absolute Gasteiger partial charge is 0.394 e. The van der Waals surface area contributed by atoms with Gasteiger partial charge in [0.15, 0.2) is 18.9 Å². The van der Waals surface area contributed by atoms with Crippen LogP contribution in [0.4, 0.5) is 0 Å². The highest BCUT2D eigenvalue weighted by Crippen LogP contribution is 2.26. The lowest BCUT2D eigenvalue weighted by molar-refractivity contribution is -0.331. The van der Waals surface area contributed by atoms with Gasteiger partial charge in [0.2, 0.25) is 0 Å². The molecule has 0 saturated carbocycles. The molecule has 0 aromatic heterocycles. The number of ether oxygens (including phenoxy) is 6. The van der Waals surface area contributed by atoms with E-state index in [2.05, 4.69) is 0 Å². The van der Waals surface area contributed by atoms with Gasteiger partial charge in [0.05, 0.1) is 26.4 Å². The fourth-order valence-electron chi connectivity index (χ4n) is 4.43. The SMILES string of the molecule is OC[C@H]1O[C@@H](OC[C@H]2O[C@@H](OCCCCCCCC3OCCCO3)[C@H](O)[C@@H](O)[C@@H]2O)[C@H](O)[C@@H](O)[C@@H]1O. The standard InChI is InChI=1S/C23H42O13/c24-11-13-16(25)18(27)21(30)23(35-13)34-12-14-17(26)19(28)20(29)22(36-14)33-8-5-3-1-2-4-7-15-31-9-6-10-32-15/h13-30H,1-12H2/t13-,14-,16-,17-,18+,19+,20-,21-,22-,23-/m1/s1. The van der Waals surface area contributed by atoms with E-state index in [1.54, 1.807) is 0 Å². The topological polar surface area (TPSA) is 197 Å². The van der Waals surface area contributed by atoms with Gasteiger partial charge in [0, 0.05) is 6.61 Å². The van der Waals surface area contributed by atoms with E-state index in [-0.39, 0.29) is 19.5 Å². The Kier molecular flexibility index (Phi) is 12.7. The molecule has 0 amide bonds. The maximum absolute atomic E-state index is 10.3. The van der Waals surface area contributed by atoms with Gasteiger partial charge in [0.1, 0.15) is 48.8 Å². The number of hydrogen-bond acceptors (Lipinski definition) is 13. The first-order valence-electron chi connectivity index (χ1n) is 12.8. The highest BCUT2D eigenvalue weighted by Gasteiger charge is 2.47. The second kappa shape index (κ2) is 15.2. The first-order valence-corrected chi connectivity index (χ1v) is 12.8. The quantitative estimate of drug-likeness (QED) is 0.127. The fraction of sp³-hybridized carbons (Fsp3) is 1.00. The molecule has 3 aliphatic rings. The molecule has 0 radical (unpaired) electrons. The van der Waals surface area contributed by atoms with E-state index in [1.165, 1.54) is 0 Å². The average Bonchev–Trinajstić information content (AvgIpc) is 2.89. The highest BCUT2D eigenvalue weighted by atomic mass is 16.7. The zero-order valence-corrected chi connectivity index (χ0v) is 20.4. The molecule has 3 fully saturated rings. The van der Waals surface area contributed by atoms with E-state index in [0.717, 1.165) is 51.7 Å². The number of unbranched alkanes of at least 4 members (excludes halogenated alkanes) is 4. The summed E-state index contributed by atoms with van der Waals surface area (Å²) in [5, 5.41) is 69.8. The van der Waals surface area contributed by atoms with Crippen LogP contribution in [0.1, 0.15) is 44.9 Å². The lowest BCUT2D eigenvalue weighted by Gasteiger charge is -2.42. The third-order valence-electron chi connectivity index (χ3n) is 6.70. The van der Waals surface area contributed by atoms with Crippen LogP contribution in [0.25, 0.3) is 0 Å². The number of aliphatic hydroxyl groups is 7. The van der Waals surface area contributed by atoms with Crippen LogP contribution >= 0.6 is 0 Å². The summed E-state index contributed by atoms with van der Waals surface area (Å²) in [5.41, 5.74) is 0. The van der Waals surface area contributed by atoms with Crippen molar-refractivity contribution in [2.24, 2.45) is 0 Å². The average molecular weight is 527 g/mol. The number of aliphatic hydroxyl groups excluding tert-OH is 7. The smallest absolute Gasteiger partial charge is 0.186 e. The molecule has 10 atom stereocenters. The molecule has 13 nitrogen and oxygen atoms in total. The van der Waals surface area contributed by atoms with Gasteiger partial charge in [-0.25, -0.2) is 0 Å². The van der Waals surface area contributed by atoms with Gasteiger partial charge in [-0.05, 0) is 25.7 Å². The Labute approximate surface area is 210 Å². The van der Waals surface area contributed by atoms with Crippen molar-refractivity contribution in [2.75, 3.05) is 33.0 Å². The Balaban J connectivity index is 1.35. The van der Waals surface area contributed by atoms with Gasteiger partial charge >= 0.3 is 0 Å². The predicted molar refractivity (Wildman–Crippen MR) is 120 cm³/mol. The Hall–Kier alpha value is -0.520. The molecule has 0 spiro atoms. The van der Waals surface area contributed by atoms with Crippen molar-refractivity contribution < 1.29 is 64.2 Å². The minimum Gasteiger partial charge on any atom is -0.394 e. The van der Waals surface area contributed by atoms with Crippen molar-refractivity contribution in [3.8, 4) is 0 Å². The molecule has 212 valence electrons. The van der Waals surface area contributed by atoms with Crippen molar-refractivity contribution in [3.05, 3.63) is 0 Å². The van der Waals surface area contributed by atoms with E-state index in [0.29, 0.717) is 6.42 Å². The van der Waals surface area contributed by atoms with Crippen LogP contribution < -0.4 is 0 Å². The van der Waals surface area contributed by atoms with Crippen molar-refractivity contribution in [2.45, 2.75) is 113 Å². The molecule has 0 aromatic rings. The molecule has 3 heterocycles. The first kappa shape index (κ1) is 30.0. The molecule has 3 saturated heterocycles. The normalized spacial score (nSPS) is 40.4. The van der Waals surface area contributed by atoms with Crippen LogP contribution in [-0.4, -0.2) is 136 Å². The lowest BCUT2D eigenvalue weighted by Crippen LogP contribution is -2.61. The van der Waals surface area contributed by atoms with Crippen molar-refractivity contribution in [3.63, 3.8) is 0 Å². The van der Waals surface area contributed by atoms with Gasteiger partial charge in [-0.15, -0.1) is 0 Å². The van der Waals surface area contributed by atoms with Crippen LogP contribution in [0.15, 0.2) is 0 Å². The summed E-state index contributed by atoms with van der Waals surface area (Å²) < 4.78 is 32.9. The molecule has 0 bridgehead atoms. The molecular formula is C23H42O13. The maximum Gasteiger partial charge on any atom is 0.186 e. The van der Waals surface area contributed by atoms with Crippen molar-refractivity contribution in [1.29, 1.82) is 0 Å². The summed E-state index contributed by atoms with van der Waals surface area (Å²) in [6, 6.07) is 0. The second-order valence-electron chi connectivity index (χ2n) is 9.50. The molecule has 36 heavy (non-hydrogen) atoms. The second-order valence-corrected chi connectivity index (χ2v) is 9.50. The zero-order valence-electron chi connectivity index (χ0n) is 20.4. The monoisotopic (exact) mass is 526 g/mol. The fourth-order valence-corrected chi connectivity index (χ4v) is 4.43. The molecular weight excluding hydrogens is 484 g/mol. The summed E-state index contributed by atoms with van der Waals surface area (Å²) in [5.74, 6) is 0. The van der Waals surface area contributed by atoms with Gasteiger partial charge < -0.3 is 64.2 Å². The number of rotatable bonds is 13. The van der Waals surface area contributed by atoms with Crippen LogP contribution in [-0.2, 0) is 28.4 Å².